The van der Waals surface area contributed by atoms with Crippen molar-refractivity contribution in [3.63, 3.8) is 0 Å². The zero-order valence-electron chi connectivity index (χ0n) is 18.3. The molecule has 0 saturated carbocycles. The molecule has 1 heterocycles. The van der Waals surface area contributed by atoms with Crippen molar-refractivity contribution in [1.29, 1.82) is 0 Å². The third-order valence-corrected chi connectivity index (χ3v) is 6.37. The lowest BCUT2D eigenvalue weighted by Gasteiger charge is -2.27. The van der Waals surface area contributed by atoms with Crippen LogP contribution in [-0.2, 0) is 22.4 Å². The number of methoxy groups -OCH3 is 1. The number of amides is 2. The van der Waals surface area contributed by atoms with Gasteiger partial charge >= 0.3 is 0 Å². The summed E-state index contributed by atoms with van der Waals surface area (Å²) in [5, 5.41) is 0. The van der Waals surface area contributed by atoms with Gasteiger partial charge < -0.3 is 15.4 Å². The fraction of sp³-hybridized carbons (Fsp3) is 0.259. The maximum Gasteiger partial charge on any atom is 0.227 e. The minimum Gasteiger partial charge on any atom is -0.497 e. The summed E-state index contributed by atoms with van der Waals surface area (Å²) in [6.07, 6.45) is 1.37. The van der Waals surface area contributed by atoms with Crippen molar-refractivity contribution in [2.45, 2.75) is 19.3 Å². The third kappa shape index (κ3) is 4.52. The number of rotatable bonds is 7. The van der Waals surface area contributed by atoms with E-state index in [4.69, 9.17) is 10.5 Å². The van der Waals surface area contributed by atoms with E-state index in [9.17, 15) is 9.59 Å². The number of benzene rings is 3. The minimum absolute atomic E-state index is 0.00892. The van der Waals surface area contributed by atoms with E-state index in [-0.39, 0.29) is 11.8 Å². The highest BCUT2D eigenvalue weighted by Crippen LogP contribution is 2.37. The summed E-state index contributed by atoms with van der Waals surface area (Å²) in [6, 6.07) is 25.7. The van der Waals surface area contributed by atoms with E-state index in [0.717, 1.165) is 28.0 Å². The van der Waals surface area contributed by atoms with Crippen LogP contribution in [0.1, 0.15) is 17.5 Å². The smallest absolute Gasteiger partial charge is 0.227 e. The standard InChI is InChI=1S/C27H28N2O3/c1-32-23-13-11-20(12-14-23)17-25(30)29-16-15-27(19-29,26(28)31)18-22-9-5-6-10-24(22)21-7-3-2-4-8-21/h2-14H,15-19H2,1H3,(H2,28,31)/t27-/m1/s1. The maximum absolute atomic E-state index is 13.0. The summed E-state index contributed by atoms with van der Waals surface area (Å²) >= 11 is 0. The quantitative estimate of drug-likeness (QED) is 0.621. The predicted octanol–water partition coefficient (Wildman–Crippen LogP) is 3.85. The van der Waals surface area contributed by atoms with Crippen LogP contribution in [-0.4, -0.2) is 36.9 Å². The van der Waals surface area contributed by atoms with E-state index in [2.05, 4.69) is 24.3 Å². The Morgan fingerprint density at radius 2 is 1.66 bits per heavy atom. The summed E-state index contributed by atoms with van der Waals surface area (Å²) in [7, 11) is 1.61. The minimum atomic E-state index is -0.763. The van der Waals surface area contributed by atoms with Gasteiger partial charge in [0.25, 0.3) is 0 Å². The molecular weight excluding hydrogens is 400 g/mol. The molecule has 3 aromatic carbocycles. The van der Waals surface area contributed by atoms with Gasteiger partial charge in [-0.2, -0.15) is 0 Å². The fourth-order valence-electron chi connectivity index (χ4n) is 4.49. The molecular formula is C27H28N2O3. The van der Waals surface area contributed by atoms with Crippen LogP contribution in [0.4, 0.5) is 0 Å². The predicted molar refractivity (Wildman–Crippen MR) is 125 cm³/mol. The van der Waals surface area contributed by atoms with Crippen LogP contribution in [0.25, 0.3) is 11.1 Å². The molecule has 1 aliphatic heterocycles. The number of carbonyl (C=O) groups excluding carboxylic acids is 2. The molecule has 5 heteroatoms. The Morgan fingerprint density at radius 1 is 0.969 bits per heavy atom. The number of hydrogen-bond acceptors (Lipinski definition) is 3. The maximum atomic E-state index is 13.0. The van der Waals surface area contributed by atoms with Crippen LogP contribution in [0.2, 0.25) is 0 Å². The first-order chi connectivity index (χ1) is 15.5. The van der Waals surface area contributed by atoms with Crippen molar-refractivity contribution in [2.24, 2.45) is 11.1 Å². The SMILES string of the molecule is COc1ccc(CC(=O)N2CC[C@](Cc3ccccc3-c3ccccc3)(C(N)=O)C2)cc1. The molecule has 0 bridgehead atoms. The first-order valence-corrected chi connectivity index (χ1v) is 10.8. The first kappa shape index (κ1) is 21.6. The van der Waals surface area contributed by atoms with E-state index in [1.807, 2.05) is 54.6 Å². The van der Waals surface area contributed by atoms with Crippen LogP contribution >= 0.6 is 0 Å². The van der Waals surface area contributed by atoms with Gasteiger partial charge in [0, 0.05) is 13.1 Å². The highest BCUT2D eigenvalue weighted by Gasteiger charge is 2.45. The number of carbonyl (C=O) groups is 2. The van der Waals surface area contributed by atoms with E-state index in [1.165, 1.54) is 0 Å². The zero-order chi connectivity index (χ0) is 22.6. The van der Waals surface area contributed by atoms with E-state index >= 15 is 0 Å². The molecule has 0 aromatic heterocycles. The Bertz CT molecular complexity index is 1100. The molecule has 0 spiro atoms. The number of ether oxygens (including phenoxy) is 1. The third-order valence-electron chi connectivity index (χ3n) is 6.37. The van der Waals surface area contributed by atoms with Crippen molar-refractivity contribution in [3.8, 4) is 16.9 Å². The fourth-order valence-corrected chi connectivity index (χ4v) is 4.49. The number of hydrogen-bond donors (Lipinski definition) is 1. The van der Waals surface area contributed by atoms with Crippen molar-refractivity contribution < 1.29 is 14.3 Å². The van der Waals surface area contributed by atoms with Crippen LogP contribution < -0.4 is 10.5 Å². The normalized spacial score (nSPS) is 17.8. The molecule has 1 atom stereocenters. The highest BCUT2D eigenvalue weighted by molar-refractivity contribution is 5.85. The van der Waals surface area contributed by atoms with Gasteiger partial charge in [-0.3, -0.25) is 9.59 Å². The lowest BCUT2D eigenvalue weighted by atomic mass is 9.78. The summed E-state index contributed by atoms with van der Waals surface area (Å²) < 4.78 is 5.18. The molecule has 1 aliphatic rings. The van der Waals surface area contributed by atoms with Crippen molar-refractivity contribution in [2.75, 3.05) is 20.2 Å². The monoisotopic (exact) mass is 428 g/mol. The molecule has 1 fully saturated rings. The second-order valence-corrected chi connectivity index (χ2v) is 8.43. The second-order valence-electron chi connectivity index (χ2n) is 8.43. The Balaban J connectivity index is 1.52. The van der Waals surface area contributed by atoms with Crippen LogP contribution in [0.5, 0.6) is 5.75 Å². The lowest BCUT2D eigenvalue weighted by molar-refractivity contribution is -0.131. The number of nitrogens with two attached hydrogens (primary N) is 1. The summed E-state index contributed by atoms with van der Waals surface area (Å²) in [4.78, 5) is 27.4. The molecule has 2 N–H and O–H groups in total. The van der Waals surface area contributed by atoms with Gasteiger partial charge in [-0.25, -0.2) is 0 Å². The van der Waals surface area contributed by atoms with Gasteiger partial charge in [-0.15, -0.1) is 0 Å². The van der Waals surface area contributed by atoms with Gasteiger partial charge in [0.15, 0.2) is 0 Å². The van der Waals surface area contributed by atoms with Crippen LogP contribution in [0.15, 0.2) is 78.9 Å². The molecule has 32 heavy (non-hydrogen) atoms. The molecule has 1 saturated heterocycles. The number of primary amides is 1. The molecule has 5 nitrogen and oxygen atoms in total. The van der Waals surface area contributed by atoms with Gasteiger partial charge in [0.05, 0.1) is 18.9 Å². The second kappa shape index (κ2) is 9.27. The zero-order valence-corrected chi connectivity index (χ0v) is 18.3. The van der Waals surface area contributed by atoms with E-state index in [1.54, 1.807) is 12.0 Å². The lowest BCUT2D eigenvalue weighted by Crippen LogP contribution is -2.42. The molecule has 4 rings (SSSR count). The average molecular weight is 429 g/mol. The summed E-state index contributed by atoms with van der Waals surface area (Å²) in [6.45, 7) is 0.881. The highest BCUT2D eigenvalue weighted by atomic mass is 16.5. The molecule has 164 valence electrons. The van der Waals surface area contributed by atoms with Gasteiger partial charge in [-0.05, 0) is 47.2 Å². The van der Waals surface area contributed by atoms with E-state index in [0.29, 0.717) is 32.4 Å². The molecule has 0 radical (unpaired) electrons. The topological polar surface area (TPSA) is 72.6 Å². The van der Waals surface area contributed by atoms with Crippen molar-refractivity contribution in [3.05, 3.63) is 90.0 Å². The molecule has 0 unspecified atom stereocenters. The largest absolute Gasteiger partial charge is 0.497 e. The Morgan fingerprint density at radius 3 is 2.34 bits per heavy atom. The van der Waals surface area contributed by atoms with Crippen molar-refractivity contribution >= 4 is 11.8 Å². The molecule has 2 amide bonds. The van der Waals surface area contributed by atoms with Gasteiger partial charge in [0.2, 0.25) is 11.8 Å². The average Bonchev–Trinajstić information content (AvgIpc) is 3.26. The first-order valence-electron chi connectivity index (χ1n) is 10.8. The van der Waals surface area contributed by atoms with Gasteiger partial charge in [-0.1, -0.05) is 66.7 Å². The van der Waals surface area contributed by atoms with E-state index < -0.39 is 5.41 Å². The van der Waals surface area contributed by atoms with Crippen molar-refractivity contribution in [1.82, 2.24) is 4.90 Å². The molecule has 0 aliphatic carbocycles. The summed E-state index contributed by atoms with van der Waals surface area (Å²) in [5.74, 6) is 0.418. The summed E-state index contributed by atoms with van der Waals surface area (Å²) in [5.41, 5.74) is 9.35. The van der Waals surface area contributed by atoms with Gasteiger partial charge in [0.1, 0.15) is 5.75 Å². The number of nitrogens with zero attached hydrogens (tertiary/aromatic N) is 1. The Kier molecular flexibility index (Phi) is 6.26. The molecule has 3 aromatic rings. The van der Waals surface area contributed by atoms with Crippen LogP contribution in [0.3, 0.4) is 0 Å². The Labute approximate surface area is 188 Å². The Hall–Kier alpha value is -3.60. The number of likely N-dealkylation sites (tertiary alicyclic amines) is 1. The van der Waals surface area contributed by atoms with Crippen LogP contribution in [0, 0.1) is 5.41 Å².